The summed E-state index contributed by atoms with van der Waals surface area (Å²) in [5.41, 5.74) is 10.2. The quantitative estimate of drug-likeness (QED) is 0.126. The molecule has 0 bridgehead atoms. The van der Waals surface area contributed by atoms with Crippen molar-refractivity contribution in [3.63, 3.8) is 0 Å². The average molecular weight is 745 g/mol. The van der Waals surface area contributed by atoms with Crippen molar-refractivity contribution in [1.82, 2.24) is 4.57 Å². The number of hydrogen-bond donors (Lipinski definition) is 1. The minimum atomic E-state index is -1.04. The van der Waals surface area contributed by atoms with E-state index in [0.717, 1.165) is 39.2 Å². The first-order valence-corrected chi connectivity index (χ1v) is 19.9. The van der Waals surface area contributed by atoms with Crippen molar-refractivity contribution in [2.24, 2.45) is 7.05 Å². The Morgan fingerprint density at radius 2 is 1.50 bits per heavy atom. The predicted molar refractivity (Wildman–Crippen MR) is 221 cm³/mol. The van der Waals surface area contributed by atoms with Crippen molar-refractivity contribution >= 4 is 74.0 Å². The van der Waals surface area contributed by atoms with Crippen molar-refractivity contribution in [3.05, 3.63) is 180 Å². The van der Waals surface area contributed by atoms with Crippen LogP contribution in [-0.4, -0.2) is 21.7 Å². The van der Waals surface area contributed by atoms with E-state index in [2.05, 4.69) is 131 Å². The zero-order valence-electron chi connectivity index (χ0n) is 29.8. The molecule has 1 N–H and O–H groups in total. The first-order valence-electron chi connectivity index (χ1n) is 18.3. The zero-order valence-corrected chi connectivity index (χ0v) is 31.4. The van der Waals surface area contributed by atoms with E-state index in [9.17, 15) is 14.7 Å². The number of carboxylic acid groups (broad SMARTS) is 1. The van der Waals surface area contributed by atoms with E-state index < -0.39 is 5.97 Å². The van der Waals surface area contributed by atoms with Crippen LogP contribution in [0.2, 0.25) is 0 Å². The number of para-hydroxylation sites is 1. The van der Waals surface area contributed by atoms with E-state index in [1.807, 2.05) is 31.3 Å². The third kappa shape index (κ3) is 6.31. The number of thiazole rings is 2. The molecular weight excluding hydrogens is 707 g/mol. The topological polar surface area (TPSA) is 66.4 Å². The van der Waals surface area contributed by atoms with E-state index in [0.29, 0.717) is 21.2 Å². The van der Waals surface area contributed by atoms with Gasteiger partial charge in [0.1, 0.15) is 23.0 Å². The fourth-order valence-electron chi connectivity index (χ4n) is 8.20. The van der Waals surface area contributed by atoms with Crippen molar-refractivity contribution in [1.29, 1.82) is 0 Å². The highest BCUT2D eigenvalue weighted by atomic mass is 32.1. The highest BCUT2D eigenvalue weighted by Crippen LogP contribution is 2.52. The first kappa shape index (κ1) is 34.0. The van der Waals surface area contributed by atoms with Crippen molar-refractivity contribution in [2.75, 3.05) is 4.90 Å². The molecule has 0 spiro atoms. The standard InChI is InChI=1S/C46H37N3O3S2/c1-47-40-16-8-9-18-41(40)53-43(47)28-44-48(29-45(50)51)46(52)42(54-44)27-31-21-24-39-37(26-31)35-15-10-17-38(35)49(39)34-22-19-30(20-23-34)25-36(32-11-4-2-5-12-32)33-13-6-3-7-14-33/h2-9,11-14,16,18-28,35,38H,10,15,17,29H2,1H3/p+1/b42-27+. The maximum atomic E-state index is 13.7. The zero-order chi connectivity index (χ0) is 36.8. The molecule has 0 radical (unpaired) electrons. The molecule has 9 rings (SSSR count). The molecule has 0 saturated heterocycles. The number of aliphatic carboxylic acids is 1. The van der Waals surface area contributed by atoms with E-state index >= 15 is 0 Å². The lowest BCUT2D eigenvalue weighted by molar-refractivity contribution is -0.642. The second-order valence-corrected chi connectivity index (χ2v) is 16.1. The second-order valence-electron chi connectivity index (χ2n) is 14.0. The number of anilines is 2. The number of nitrogens with zero attached hydrogens (tertiary/aromatic N) is 3. The molecule has 2 unspecified atom stereocenters. The molecule has 1 fully saturated rings. The van der Waals surface area contributed by atoms with Crippen LogP contribution in [0, 0.1) is 0 Å². The number of fused-ring (bicyclic) bond motifs is 4. The molecule has 3 heterocycles. The normalized spacial score (nSPS) is 16.9. The SMILES string of the molecule is C[n+]1c(C=c2s/c(=C/c3ccc4c(c3)C3CCCC3N4c3ccc(C=C(c4ccccc4)c4ccccc4)cc3)c(=O)n2CC(=O)O)sc2ccccc21. The predicted octanol–water partition coefficient (Wildman–Crippen LogP) is 8.07. The number of carbonyl (C=O) groups is 1. The molecule has 5 aromatic carbocycles. The monoisotopic (exact) mass is 744 g/mol. The molecule has 2 atom stereocenters. The van der Waals surface area contributed by atoms with Crippen LogP contribution in [0.3, 0.4) is 0 Å². The number of aromatic nitrogens is 2. The van der Waals surface area contributed by atoms with Crippen LogP contribution in [0.5, 0.6) is 0 Å². The van der Waals surface area contributed by atoms with Gasteiger partial charge >= 0.3 is 5.97 Å². The van der Waals surface area contributed by atoms with E-state index in [1.54, 1.807) is 11.3 Å². The fourth-order valence-corrected chi connectivity index (χ4v) is 10.4. The molecule has 2 aromatic heterocycles. The molecule has 7 aromatic rings. The first-order chi connectivity index (χ1) is 26.4. The number of carboxylic acids is 1. The Morgan fingerprint density at radius 1 is 0.815 bits per heavy atom. The fraction of sp³-hybridized carbons (Fsp3) is 0.152. The number of benzene rings is 5. The highest BCUT2D eigenvalue weighted by molar-refractivity contribution is 7.19. The van der Waals surface area contributed by atoms with Crippen molar-refractivity contribution in [3.8, 4) is 0 Å². The molecule has 54 heavy (non-hydrogen) atoms. The summed E-state index contributed by atoms with van der Waals surface area (Å²) < 4.78 is 5.74. The molecular formula is C46H38N3O3S2+. The molecule has 0 amide bonds. The van der Waals surface area contributed by atoms with Gasteiger partial charge in [0.15, 0.2) is 0 Å². The van der Waals surface area contributed by atoms with E-state index in [1.165, 1.54) is 56.0 Å². The van der Waals surface area contributed by atoms with Crippen LogP contribution in [0.15, 0.2) is 132 Å². The summed E-state index contributed by atoms with van der Waals surface area (Å²) in [5, 5.41) is 10.7. The minimum absolute atomic E-state index is 0.282. The van der Waals surface area contributed by atoms with Crippen LogP contribution in [0.1, 0.15) is 58.0 Å². The summed E-state index contributed by atoms with van der Waals surface area (Å²) in [5.74, 6) is -0.627. The van der Waals surface area contributed by atoms with Gasteiger partial charge < -0.3 is 10.0 Å². The maximum Gasteiger partial charge on any atom is 0.323 e. The van der Waals surface area contributed by atoms with Gasteiger partial charge in [-0.15, -0.1) is 11.3 Å². The third-order valence-corrected chi connectivity index (χ3v) is 12.9. The van der Waals surface area contributed by atoms with Crippen LogP contribution in [0.4, 0.5) is 11.4 Å². The second kappa shape index (κ2) is 14.2. The molecule has 2 aliphatic rings. The van der Waals surface area contributed by atoms with Crippen LogP contribution < -0.4 is 24.2 Å². The van der Waals surface area contributed by atoms with Gasteiger partial charge in [-0.25, -0.2) is 0 Å². The van der Waals surface area contributed by atoms with Gasteiger partial charge in [0, 0.05) is 29.4 Å². The van der Waals surface area contributed by atoms with Gasteiger partial charge in [0.25, 0.3) is 10.6 Å². The Balaban J connectivity index is 1.06. The van der Waals surface area contributed by atoms with Gasteiger partial charge in [-0.3, -0.25) is 14.2 Å². The van der Waals surface area contributed by atoms with E-state index in [4.69, 9.17) is 0 Å². The Morgan fingerprint density at radius 3 is 2.20 bits per heavy atom. The van der Waals surface area contributed by atoms with Gasteiger partial charge in [-0.1, -0.05) is 109 Å². The maximum absolute atomic E-state index is 13.7. The minimum Gasteiger partial charge on any atom is -0.480 e. The Kier molecular flexibility index (Phi) is 8.93. The lowest BCUT2D eigenvalue weighted by Gasteiger charge is -2.27. The number of rotatable bonds is 8. The molecule has 1 aliphatic heterocycles. The Hall–Kier alpha value is -5.83. The largest absolute Gasteiger partial charge is 0.480 e. The summed E-state index contributed by atoms with van der Waals surface area (Å²) in [4.78, 5) is 28.1. The number of hydrogen-bond acceptors (Lipinski definition) is 5. The van der Waals surface area contributed by atoms with E-state index in [-0.39, 0.29) is 12.1 Å². The van der Waals surface area contributed by atoms with Gasteiger partial charge in [-0.05, 0) is 88.7 Å². The lowest BCUT2D eigenvalue weighted by Crippen LogP contribution is -2.35. The molecule has 1 aliphatic carbocycles. The van der Waals surface area contributed by atoms with Crippen LogP contribution in [-0.2, 0) is 18.4 Å². The van der Waals surface area contributed by atoms with Crippen LogP contribution >= 0.6 is 22.7 Å². The van der Waals surface area contributed by atoms with Gasteiger partial charge in [0.2, 0.25) is 5.52 Å². The molecule has 266 valence electrons. The van der Waals surface area contributed by atoms with Gasteiger partial charge in [0.05, 0.1) is 10.6 Å². The molecule has 8 heteroatoms. The lowest BCUT2D eigenvalue weighted by atomic mass is 9.95. The Bertz CT molecular complexity index is 2700. The molecule has 6 nitrogen and oxygen atoms in total. The summed E-state index contributed by atoms with van der Waals surface area (Å²) in [6.07, 6.45) is 9.58. The number of aryl methyl sites for hydroxylation is 1. The summed E-state index contributed by atoms with van der Waals surface area (Å²) >= 11 is 2.96. The highest BCUT2D eigenvalue weighted by Gasteiger charge is 2.42. The smallest absolute Gasteiger partial charge is 0.323 e. The summed E-state index contributed by atoms with van der Waals surface area (Å²) in [7, 11) is 1.99. The van der Waals surface area contributed by atoms with Crippen LogP contribution in [0.25, 0.3) is 34.0 Å². The average Bonchev–Trinajstić information content (AvgIpc) is 3.94. The Labute approximate surface area is 321 Å². The summed E-state index contributed by atoms with van der Waals surface area (Å²) in [6.45, 7) is -0.388. The summed E-state index contributed by atoms with van der Waals surface area (Å²) in [6, 6.07) is 45.1. The molecule has 1 saturated carbocycles. The van der Waals surface area contributed by atoms with Gasteiger partial charge in [-0.2, -0.15) is 4.57 Å². The van der Waals surface area contributed by atoms with Crippen molar-refractivity contribution < 1.29 is 14.5 Å². The third-order valence-electron chi connectivity index (χ3n) is 10.7. The van der Waals surface area contributed by atoms with Crippen molar-refractivity contribution in [2.45, 2.75) is 37.8 Å².